The van der Waals surface area contributed by atoms with Gasteiger partial charge in [-0.1, -0.05) is 34.1 Å². The number of likely N-dealkylation sites (N-methyl/N-ethyl adjacent to an activating group) is 1. The summed E-state index contributed by atoms with van der Waals surface area (Å²) in [6.07, 6.45) is 0. The third kappa shape index (κ3) is 5.31. The number of hydrogen-bond donors (Lipinski definition) is 1. The van der Waals surface area contributed by atoms with Crippen LogP contribution in [0.2, 0.25) is 0 Å². The molecule has 0 radical (unpaired) electrons. The van der Waals surface area contributed by atoms with Crippen LogP contribution in [0, 0.1) is 0 Å². The minimum atomic E-state index is -0.244. The molecule has 1 fully saturated rings. The van der Waals surface area contributed by atoms with Crippen LogP contribution < -0.4 is 10.2 Å². The van der Waals surface area contributed by atoms with Crippen LogP contribution in [0.15, 0.2) is 53.0 Å². The molecule has 0 spiro atoms. The Morgan fingerprint density at radius 2 is 1.85 bits per heavy atom. The molecule has 0 saturated carbocycles. The highest BCUT2D eigenvalue weighted by atomic mass is 79.9. The lowest BCUT2D eigenvalue weighted by molar-refractivity contribution is -0.120. The molecule has 0 bridgehead atoms. The summed E-state index contributed by atoms with van der Waals surface area (Å²) in [6.45, 7) is 5.97. The zero-order valence-electron chi connectivity index (χ0n) is 15.8. The lowest BCUT2D eigenvalue weighted by atomic mass is 10.1. The molecule has 144 valence electrons. The predicted molar refractivity (Wildman–Crippen MR) is 113 cm³/mol. The van der Waals surface area contributed by atoms with Gasteiger partial charge < -0.3 is 15.0 Å². The quantitative estimate of drug-likeness (QED) is 0.756. The first-order chi connectivity index (χ1) is 13.0. The van der Waals surface area contributed by atoms with E-state index in [-0.39, 0.29) is 11.9 Å². The maximum Gasteiger partial charge on any atom is 0.241 e. The summed E-state index contributed by atoms with van der Waals surface area (Å²) in [5.41, 5.74) is 3.26. The molecule has 2 aromatic carbocycles. The van der Waals surface area contributed by atoms with E-state index in [9.17, 15) is 4.79 Å². The highest BCUT2D eigenvalue weighted by molar-refractivity contribution is 9.10. The van der Waals surface area contributed by atoms with Crippen LogP contribution >= 0.6 is 15.9 Å². The number of hydrogen-bond acceptors (Lipinski definition) is 4. The molecule has 1 aliphatic rings. The van der Waals surface area contributed by atoms with Gasteiger partial charge in [-0.3, -0.25) is 9.69 Å². The van der Waals surface area contributed by atoms with Crippen LogP contribution in [0.1, 0.15) is 12.5 Å². The second kappa shape index (κ2) is 9.35. The number of carbonyl (C=O) groups is 1. The molecule has 27 heavy (non-hydrogen) atoms. The van der Waals surface area contributed by atoms with Gasteiger partial charge in [0.15, 0.2) is 0 Å². The minimum absolute atomic E-state index is 0.0105. The highest BCUT2D eigenvalue weighted by Crippen LogP contribution is 2.23. The van der Waals surface area contributed by atoms with Crippen LogP contribution in [0.3, 0.4) is 0 Å². The molecule has 0 unspecified atom stereocenters. The minimum Gasteiger partial charge on any atom is -0.378 e. The smallest absolute Gasteiger partial charge is 0.241 e. The van der Waals surface area contributed by atoms with Crippen molar-refractivity contribution >= 4 is 33.2 Å². The number of carbonyl (C=O) groups excluding carboxylic acids is 1. The molecule has 3 rings (SSSR count). The van der Waals surface area contributed by atoms with Crippen LogP contribution in [0.25, 0.3) is 0 Å². The van der Waals surface area contributed by atoms with E-state index < -0.39 is 0 Å². The predicted octanol–water partition coefficient (Wildman–Crippen LogP) is 3.74. The number of halogens is 1. The number of rotatable bonds is 6. The summed E-state index contributed by atoms with van der Waals surface area (Å²) < 4.78 is 6.46. The Bertz CT molecular complexity index is 760. The molecule has 0 aromatic heterocycles. The van der Waals surface area contributed by atoms with Crippen molar-refractivity contribution in [2.24, 2.45) is 0 Å². The SMILES string of the molecule is C[C@@H](C(=O)Nc1ccc(Br)cc1)N(C)Cc1ccccc1N1CCOCC1. The molecule has 1 heterocycles. The molecule has 0 aliphatic carbocycles. The highest BCUT2D eigenvalue weighted by Gasteiger charge is 2.21. The van der Waals surface area contributed by atoms with E-state index in [1.807, 2.05) is 38.2 Å². The van der Waals surface area contributed by atoms with E-state index in [2.05, 4.69) is 55.3 Å². The second-order valence-corrected chi connectivity index (χ2v) is 7.73. The maximum atomic E-state index is 12.6. The van der Waals surface area contributed by atoms with Gasteiger partial charge in [-0.15, -0.1) is 0 Å². The summed E-state index contributed by atoms with van der Waals surface area (Å²) in [4.78, 5) is 17.1. The van der Waals surface area contributed by atoms with E-state index in [1.54, 1.807) is 0 Å². The lowest BCUT2D eigenvalue weighted by Gasteiger charge is -2.32. The number of para-hydroxylation sites is 1. The number of ether oxygens (including phenoxy) is 1. The van der Waals surface area contributed by atoms with Crippen molar-refractivity contribution in [2.45, 2.75) is 19.5 Å². The van der Waals surface area contributed by atoms with Gasteiger partial charge in [-0.05, 0) is 49.9 Å². The largest absolute Gasteiger partial charge is 0.378 e. The van der Waals surface area contributed by atoms with Crippen molar-refractivity contribution in [3.05, 3.63) is 58.6 Å². The van der Waals surface area contributed by atoms with E-state index in [0.717, 1.165) is 36.5 Å². The molecule has 1 aliphatic heterocycles. The van der Waals surface area contributed by atoms with Crippen LogP contribution in [-0.2, 0) is 16.1 Å². The van der Waals surface area contributed by atoms with Crippen LogP contribution in [0.5, 0.6) is 0 Å². The van der Waals surface area contributed by atoms with Gasteiger partial charge in [0.05, 0.1) is 19.3 Å². The molecule has 6 heteroatoms. The monoisotopic (exact) mass is 431 g/mol. The first kappa shape index (κ1) is 19.9. The van der Waals surface area contributed by atoms with Gasteiger partial charge in [0.25, 0.3) is 0 Å². The van der Waals surface area contributed by atoms with Crippen molar-refractivity contribution in [1.29, 1.82) is 0 Å². The fourth-order valence-electron chi connectivity index (χ4n) is 3.14. The number of benzene rings is 2. The summed E-state index contributed by atoms with van der Waals surface area (Å²) in [6, 6.07) is 15.8. The van der Waals surface area contributed by atoms with Crippen molar-refractivity contribution in [2.75, 3.05) is 43.6 Å². The van der Waals surface area contributed by atoms with E-state index in [1.165, 1.54) is 11.3 Å². The van der Waals surface area contributed by atoms with Crippen molar-refractivity contribution < 1.29 is 9.53 Å². The first-order valence-corrected chi connectivity index (χ1v) is 10.0. The molecular formula is C21H26BrN3O2. The van der Waals surface area contributed by atoms with Gasteiger partial charge in [-0.2, -0.15) is 0 Å². The summed E-state index contributed by atoms with van der Waals surface area (Å²) >= 11 is 3.41. The molecule has 1 amide bonds. The van der Waals surface area contributed by atoms with Gasteiger partial charge >= 0.3 is 0 Å². The Balaban J connectivity index is 1.64. The van der Waals surface area contributed by atoms with E-state index in [4.69, 9.17) is 4.74 Å². The molecule has 5 nitrogen and oxygen atoms in total. The molecule has 2 aromatic rings. The third-order valence-corrected chi connectivity index (χ3v) is 5.44. The van der Waals surface area contributed by atoms with Gasteiger partial charge in [-0.25, -0.2) is 0 Å². The third-order valence-electron chi connectivity index (χ3n) is 4.92. The molecule has 1 N–H and O–H groups in total. The standard InChI is InChI=1S/C21H26BrN3O2/c1-16(21(26)23-19-9-7-18(22)8-10-19)24(2)15-17-5-3-4-6-20(17)25-11-13-27-14-12-25/h3-10,16H,11-15H2,1-2H3,(H,23,26)/t16-/m0/s1. The number of nitrogens with one attached hydrogen (secondary N) is 1. The van der Waals surface area contributed by atoms with Crippen molar-refractivity contribution in [3.63, 3.8) is 0 Å². The van der Waals surface area contributed by atoms with Gasteiger partial charge in [0, 0.05) is 35.5 Å². The Morgan fingerprint density at radius 1 is 1.19 bits per heavy atom. The van der Waals surface area contributed by atoms with Gasteiger partial charge in [0.2, 0.25) is 5.91 Å². The zero-order chi connectivity index (χ0) is 19.2. The second-order valence-electron chi connectivity index (χ2n) is 6.82. The molecule has 1 saturated heterocycles. The van der Waals surface area contributed by atoms with E-state index >= 15 is 0 Å². The average molecular weight is 432 g/mol. The Hall–Kier alpha value is -1.89. The van der Waals surface area contributed by atoms with Crippen LogP contribution in [-0.4, -0.2) is 50.2 Å². The molecular weight excluding hydrogens is 406 g/mol. The van der Waals surface area contributed by atoms with Gasteiger partial charge in [0.1, 0.15) is 0 Å². The van der Waals surface area contributed by atoms with Crippen LogP contribution in [0.4, 0.5) is 11.4 Å². The van der Waals surface area contributed by atoms with Crippen molar-refractivity contribution in [1.82, 2.24) is 4.90 Å². The Labute approximate surface area is 169 Å². The first-order valence-electron chi connectivity index (χ1n) is 9.22. The van der Waals surface area contributed by atoms with E-state index in [0.29, 0.717) is 6.54 Å². The summed E-state index contributed by atoms with van der Waals surface area (Å²) in [5.74, 6) is -0.0105. The number of amides is 1. The Morgan fingerprint density at radius 3 is 2.56 bits per heavy atom. The fraction of sp³-hybridized carbons (Fsp3) is 0.381. The number of anilines is 2. The Kier molecular flexibility index (Phi) is 6.88. The maximum absolute atomic E-state index is 12.6. The van der Waals surface area contributed by atoms with Crippen molar-refractivity contribution in [3.8, 4) is 0 Å². The lowest BCUT2D eigenvalue weighted by Crippen LogP contribution is -2.40. The number of nitrogens with zero attached hydrogens (tertiary/aromatic N) is 2. The molecule has 1 atom stereocenters. The number of morpholine rings is 1. The normalized spacial score (nSPS) is 15.6. The summed E-state index contributed by atoms with van der Waals surface area (Å²) in [7, 11) is 1.99. The topological polar surface area (TPSA) is 44.8 Å². The summed E-state index contributed by atoms with van der Waals surface area (Å²) in [5, 5.41) is 2.99. The fourth-order valence-corrected chi connectivity index (χ4v) is 3.41. The average Bonchev–Trinajstić information content (AvgIpc) is 2.70. The zero-order valence-corrected chi connectivity index (χ0v) is 17.4.